The number of carboxylic acids is 1. The van der Waals surface area contributed by atoms with Gasteiger partial charge in [0, 0.05) is 6.54 Å². The monoisotopic (exact) mass is 274 g/mol. The molecule has 100 valence electrons. The second-order valence-electron chi connectivity index (χ2n) is 3.60. The van der Waals surface area contributed by atoms with Crippen molar-refractivity contribution in [2.75, 3.05) is 20.2 Å². The summed E-state index contributed by atoms with van der Waals surface area (Å²) in [6.07, 6.45) is 0. The lowest BCUT2D eigenvalue weighted by Gasteiger charge is -2.12. The molecule has 0 saturated carbocycles. The normalized spacial score (nSPS) is 10.6. The molecule has 0 bridgehead atoms. The van der Waals surface area contributed by atoms with Crippen LogP contribution >= 0.6 is 11.3 Å². The summed E-state index contributed by atoms with van der Waals surface area (Å²) in [6.45, 7) is 1.90. The summed E-state index contributed by atoms with van der Waals surface area (Å²) >= 11 is 0.877. The molecule has 18 heavy (non-hydrogen) atoms. The number of hydrogen-bond acceptors (Lipinski definition) is 6. The van der Waals surface area contributed by atoms with Crippen molar-refractivity contribution in [2.45, 2.75) is 13.5 Å². The number of thiazole rings is 1. The molecular formula is C10H14N2O5S. The molecule has 1 rings (SSSR count). The van der Waals surface area contributed by atoms with Crippen LogP contribution in [0.1, 0.15) is 22.3 Å². The van der Waals surface area contributed by atoms with Crippen molar-refractivity contribution in [1.82, 2.24) is 9.88 Å². The molecule has 1 heterocycles. The van der Waals surface area contributed by atoms with Crippen molar-refractivity contribution in [3.05, 3.63) is 20.2 Å². The van der Waals surface area contributed by atoms with E-state index in [9.17, 15) is 14.4 Å². The molecule has 8 heteroatoms. The van der Waals surface area contributed by atoms with Gasteiger partial charge < -0.3 is 14.8 Å². The van der Waals surface area contributed by atoms with Gasteiger partial charge in [0.1, 0.15) is 5.69 Å². The van der Waals surface area contributed by atoms with Crippen LogP contribution in [0.5, 0.6) is 0 Å². The highest BCUT2D eigenvalue weighted by Gasteiger charge is 2.18. The molecular weight excluding hydrogens is 260 g/mol. The molecule has 0 atom stereocenters. The lowest BCUT2D eigenvalue weighted by Crippen LogP contribution is -2.25. The van der Waals surface area contributed by atoms with Gasteiger partial charge in [-0.15, -0.1) is 0 Å². The third-order valence-corrected chi connectivity index (χ3v) is 2.89. The van der Waals surface area contributed by atoms with Crippen molar-refractivity contribution in [3.8, 4) is 0 Å². The number of H-pyrrole nitrogens is 1. The van der Waals surface area contributed by atoms with Gasteiger partial charge in [-0.05, 0) is 14.0 Å². The van der Waals surface area contributed by atoms with Crippen molar-refractivity contribution in [1.29, 1.82) is 0 Å². The molecule has 1 aromatic heterocycles. The lowest BCUT2D eigenvalue weighted by atomic mass is 10.3. The largest absolute Gasteiger partial charge is 0.480 e. The molecule has 0 spiro atoms. The number of aromatic nitrogens is 1. The molecule has 0 aliphatic carbocycles. The molecule has 7 nitrogen and oxygen atoms in total. The number of hydrogen-bond donors (Lipinski definition) is 2. The zero-order chi connectivity index (χ0) is 13.7. The zero-order valence-corrected chi connectivity index (χ0v) is 10.9. The minimum atomic E-state index is -0.974. The lowest BCUT2D eigenvalue weighted by molar-refractivity contribution is -0.138. The Labute approximate surface area is 107 Å². The standard InChI is InChI=1S/C10H14N2O5S/c1-3-17-9(15)8-6(18-10(16)11-8)4-12(2)5-7(13)14/h3-5H2,1-2H3,(H,11,16)(H,13,14). The second-order valence-corrected chi connectivity index (χ2v) is 4.67. The van der Waals surface area contributed by atoms with Crippen LogP contribution in [0.25, 0.3) is 0 Å². The molecule has 2 N–H and O–H groups in total. The first-order valence-electron chi connectivity index (χ1n) is 5.23. The van der Waals surface area contributed by atoms with E-state index in [1.54, 1.807) is 14.0 Å². The van der Waals surface area contributed by atoms with Crippen LogP contribution in [-0.2, 0) is 16.1 Å². The minimum absolute atomic E-state index is 0.101. The maximum absolute atomic E-state index is 11.6. The van der Waals surface area contributed by atoms with Crippen molar-refractivity contribution in [3.63, 3.8) is 0 Å². The van der Waals surface area contributed by atoms with Crippen LogP contribution in [0, 0.1) is 0 Å². The Bertz CT molecular complexity index is 493. The number of carboxylic acid groups (broad SMARTS) is 1. The molecule has 0 aromatic carbocycles. The summed E-state index contributed by atoms with van der Waals surface area (Å²) in [5.74, 6) is -1.58. The Morgan fingerprint density at radius 1 is 1.50 bits per heavy atom. The first-order chi connectivity index (χ1) is 8.43. The van der Waals surface area contributed by atoms with Gasteiger partial charge in [0.2, 0.25) is 0 Å². The van der Waals surface area contributed by atoms with Crippen LogP contribution in [0.4, 0.5) is 0 Å². The van der Waals surface area contributed by atoms with Gasteiger partial charge in [0.25, 0.3) is 0 Å². The Balaban J connectivity index is 2.85. The van der Waals surface area contributed by atoms with Gasteiger partial charge in [0.05, 0.1) is 18.0 Å². The summed E-state index contributed by atoms with van der Waals surface area (Å²) in [4.78, 5) is 37.3. The molecule has 0 saturated heterocycles. The highest BCUT2D eigenvalue weighted by Crippen LogP contribution is 2.13. The SMILES string of the molecule is CCOC(=O)c1[nH]c(=O)sc1CN(C)CC(=O)O. The summed E-state index contributed by atoms with van der Waals surface area (Å²) < 4.78 is 4.81. The van der Waals surface area contributed by atoms with Crippen LogP contribution in [0.3, 0.4) is 0 Å². The predicted molar refractivity (Wildman–Crippen MR) is 64.9 cm³/mol. The number of esters is 1. The van der Waals surface area contributed by atoms with Gasteiger partial charge >= 0.3 is 16.8 Å². The zero-order valence-electron chi connectivity index (χ0n) is 10.1. The van der Waals surface area contributed by atoms with Gasteiger partial charge in [-0.2, -0.15) is 0 Å². The Kier molecular flexibility index (Phi) is 5.05. The third-order valence-electron chi connectivity index (χ3n) is 2.02. The molecule has 0 unspecified atom stereocenters. The Hall–Kier alpha value is -1.67. The number of nitrogens with zero attached hydrogens (tertiary/aromatic N) is 1. The van der Waals surface area contributed by atoms with E-state index in [0.29, 0.717) is 4.88 Å². The number of carbonyl (C=O) groups is 2. The number of ether oxygens (including phenoxy) is 1. The number of carbonyl (C=O) groups excluding carboxylic acids is 1. The number of aliphatic carboxylic acids is 1. The molecule has 0 aliphatic heterocycles. The molecule has 0 fully saturated rings. The van der Waals surface area contributed by atoms with Crippen molar-refractivity contribution < 1.29 is 19.4 Å². The van der Waals surface area contributed by atoms with Crippen molar-refractivity contribution in [2.24, 2.45) is 0 Å². The highest BCUT2D eigenvalue weighted by atomic mass is 32.1. The van der Waals surface area contributed by atoms with Gasteiger partial charge in [0.15, 0.2) is 0 Å². The van der Waals surface area contributed by atoms with E-state index in [0.717, 1.165) is 11.3 Å². The van der Waals surface area contributed by atoms with Crippen LogP contribution in [-0.4, -0.2) is 47.1 Å². The fourth-order valence-corrected chi connectivity index (χ4v) is 2.27. The topological polar surface area (TPSA) is 99.7 Å². The van der Waals surface area contributed by atoms with Crippen molar-refractivity contribution >= 4 is 23.3 Å². The maximum Gasteiger partial charge on any atom is 0.356 e. The van der Waals surface area contributed by atoms with Gasteiger partial charge in [-0.3, -0.25) is 14.5 Å². The fraction of sp³-hybridized carbons (Fsp3) is 0.500. The summed E-state index contributed by atoms with van der Waals surface area (Å²) in [7, 11) is 1.59. The first kappa shape index (κ1) is 14.4. The molecule has 0 aliphatic rings. The summed E-state index contributed by atoms with van der Waals surface area (Å²) in [6, 6.07) is 0. The van der Waals surface area contributed by atoms with E-state index in [2.05, 4.69) is 4.98 Å². The van der Waals surface area contributed by atoms with E-state index in [1.807, 2.05) is 0 Å². The second kappa shape index (κ2) is 6.31. The average Bonchev–Trinajstić information content (AvgIpc) is 2.58. The minimum Gasteiger partial charge on any atom is -0.480 e. The van der Waals surface area contributed by atoms with Gasteiger partial charge in [-0.25, -0.2) is 4.79 Å². The Morgan fingerprint density at radius 2 is 2.17 bits per heavy atom. The third kappa shape index (κ3) is 3.97. The van der Waals surface area contributed by atoms with E-state index in [1.165, 1.54) is 4.90 Å². The first-order valence-corrected chi connectivity index (χ1v) is 6.05. The number of aromatic amines is 1. The summed E-state index contributed by atoms with van der Waals surface area (Å²) in [5.41, 5.74) is 0.101. The molecule has 1 aromatic rings. The smallest absolute Gasteiger partial charge is 0.356 e. The van der Waals surface area contributed by atoms with Crippen LogP contribution < -0.4 is 4.87 Å². The van der Waals surface area contributed by atoms with E-state index in [4.69, 9.17) is 9.84 Å². The highest BCUT2D eigenvalue weighted by molar-refractivity contribution is 7.09. The van der Waals surface area contributed by atoms with Crippen LogP contribution in [0.15, 0.2) is 4.79 Å². The number of nitrogens with one attached hydrogen (secondary N) is 1. The quantitative estimate of drug-likeness (QED) is 0.715. The number of likely N-dealkylation sites (N-methyl/N-ethyl adjacent to an activating group) is 1. The molecule has 0 amide bonds. The maximum atomic E-state index is 11.6. The fourth-order valence-electron chi connectivity index (χ4n) is 1.37. The van der Waals surface area contributed by atoms with E-state index < -0.39 is 11.9 Å². The molecule has 0 radical (unpaired) electrons. The van der Waals surface area contributed by atoms with Gasteiger partial charge in [-0.1, -0.05) is 11.3 Å². The van der Waals surface area contributed by atoms with E-state index in [-0.39, 0.29) is 30.3 Å². The summed E-state index contributed by atoms with van der Waals surface area (Å²) in [5, 5.41) is 8.63. The van der Waals surface area contributed by atoms with E-state index >= 15 is 0 Å². The Morgan fingerprint density at radius 3 is 2.72 bits per heavy atom. The average molecular weight is 274 g/mol. The number of rotatable bonds is 6. The van der Waals surface area contributed by atoms with Crippen LogP contribution in [0.2, 0.25) is 0 Å². The predicted octanol–water partition coefficient (Wildman–Crippen LogP) is 0.130.